The summed E-state index contributed by atoms with van der Waals surface area (Å²) in [6.45, 7) is 3.53. The molecule has 0 spiro atoms. The van der Waals surface area contributed by atoms with Crippen LogP contribution >= 0.6 is 0 Å². The molecule has 116 valence electrons. The summed E-state index contributed by atoms with van der Waals surface area (Å²) in [5.41, 5.74) is 6.97. The van der Waals surface area contributed by atoms with Crippen molar-refractivity contribution in [2.75, 3.05) is 13.1 Å². The van der Waals surface area contributed by atoms with Gasteiger partial charge in [0.2, 0.25) is 5.91 Å². The predicted molar refractivity (Wildman–Crippen MR) is 86.8 cm³/mol. The lowest BCUT2D eigenvalue weighted by molar-refractivity contribution is -0.124. The Morgan fingerprint density at radius 2 is 2.10 bits per heavy atom. The summed E-state index contributed by atoms with van der Waals surface area (Å²) < 4.78 is 0. The molecule has 3 N–H and O–H groups in total. The summed E-state index contributed by atoms with van der Waals surface area (Å²) in [4.78, 5) is 12.3. The molecule has 0 heterocycles. The predicted octanol–water partition coefficient (Wildman–Crippen LogP) is 2.75. The Morgan fingerprint density at radius 1 is 1.33 bits per heavy atom. The van der Waals surface area contributed by atoms with Gasteiger partial charge in [0.25, 0.3) is 0 Å². The quantitative estimate of drug-likeness (QED) is 0.845. The maximum absolute atomic E-state index is 12.3. The van der Waals surface area contributed by atoms with Crippen molar-refractivity contribution in [1.82, 2.24) is 5.32 Å². The monoisotopic (exact) mass is 288 g/mol. The Kier molecular flexibility index (Phi) is 6.24. The molecule has 1 aromatic carbocycles. The van der Waals surface area contributed by atoms with Gasteiger partial charge in [0.1, 0.15) is 0 Å². The van der Waals surface area contributed by atoms with Gasteiger partial charge >= 0.3 is 0 Å². The lowest BCUT2D eigenvalue weighted by Crippen LogP contribution is -2.39. The van der Waals surface area contributed by atoms with Crippen molar-refractivity contribution < 1.29 is 4.79 Å². The molecule has 0 radical (unpaired) electrons. The number of carbonyl (C=O) groups is 1. The van der Waals surface area contributed by atoms with Crippen LogP contribution in [-0.2, 0) is 11.2 Å². The molecule has 1 fully saturated rings. The van der Waals surface area contributed by atoms with Crippen molar-refractivity contribution in [1.29, 1.82) is 0 Å². The van der Waals surface area contributed by atoms with Crippen LogP contribution in [0.3, 0.4) is 0 Å². The number of nitrogens with one attached hydrogen (secondary N) is 1. The highest BCUT2D eigenvalue weighted by molar-refractivity contribution is 5.79. The maximum atomic E-state index is 12.3. The SMILES string of the molecule is CC1CCCC(CNC(=O)C(CN)Cc2ccccc2)C1. The third-order valence-corrected chi connectivity index (χ3v) is 4.59. The highest BCUT2D eigenvalue weighted by Crippen LogP contribution is 2.27. The minimum atomic E-state index is -0.117. The summed E-state index contributed by atoms with van der Waals surface area (Å²) in [5.74, 6) is 1.44. The van der Waals surface area contributed by atoms with Gasteiger partial charge in [-0.2, -0.15) is 0 Å². The number of hydrogen-bond acceptors (Lipinski definition) is 2. The molecule has 3 nitrogen and oxygen atoms in total. The Balaban J connectivity index is 1.80. The molecule has 0 saturated heterocycles. The first-order valence-electron chi connectivity index (χ1n) is 8.20. The zero-order chi connectivity index (χ0) is 15.1. The van der Waals surface area contributed by atoms with Gasteiger partial charge in [0.15, 0.2) is 0 Å². The van der Waals surface area contributed by atoms with Gasteiger partial charge in [-0.3, -0.25) is 4.79 Å². The minimum Gasteiger partial charge on any atom is -0.356 e. The smallest absolute Gasteiger partial charge is 0.224 e. The number of benzene rings is 1. The van der Waals surface area contributed by atoms with E-state index in [0.717, 1.165) is 18.9 Å². The third-order valence-electron chi connectivity index (χ3n) is 4.59. The zero-order valence-corrected chi connectivity index (χ0v) is 13.1. The average molecular weight is 288 g/mol. The summed E-state index contributed by atoms with van der Waals surface area (Å²) in [6.07, 6.45) is 5.85. The second-order valence-corrected chi connectivity index (χ2v) is 6.51. The number of carbonyl (C=O) groups excluding carboxylic acids is 1. The molecule has 1 aliphatic carbocycles. The third kappa shape index (κ3) is 5.16. The number of amides is 1. The van der Waals surface area contributed by atoms with E-state index in [1.165, 1.54) is 31.2 Å². The standard InChI is InChI=1S/C18H28N2O/c1-14-6-5-9-16(10-14)13-20-18(21)17(12-19)11-15-7-3-2-4-8-15/h2-4,7-8,14,16-17H,5-6,9-13,19H2,1H3,(H,20,21). The summed E-state index contributed by atoms with van der Waals surface area (Å²) in [5, 5.41) is 3.13. The Hall–Kier alpha value is -1.35. The van der Waals surface area contributed by atoms with E-state index in [0.29, 0.717) is 12.5 Å². The number of rotatable bonds is 6. The van der Waals surface area contributed by atoms with Crippen LogP contribution < -0.4 is 11.1 Å². The van der Waals surface area contributed by atoms with Gasteiger partial charge in [-0.1, -0.05) is 50.1 Å². The highest BCUT2D eigenvalue weighted by atomic mass is 16.1. The van der Waals surface area contributed by atoms with Crippen LogP contribution in [0.2, 0.25) is 0 Å². The van der Waals surface area contributed by atoms with Gasteiger partial charge < -0.3 is 11.1 Å². The van der Waals surface area contributed by atoms with Crippen LogP contribution in [-0.4, -0.2) is 19.0 Å². The fraction of sp³-hybridized carbons (Fsp3) is 0.611. The van der Waals surface area contributed by atoms with Crippen LogP contribution in [0.1, 0.15) is 38.2 Å². The highest BCUT2D eigenvalue weighted by Gasteiger charge is 2.22. The van der Waals surface area contributed by atoms with Crippen LogP contribution in [0.5, 0.6) is 0 Å². The number of nitrogens with two attached hydrogens (primary N) is 1. The largest absolute Gasteiger partial charge is 0.356 e. The molecule has 0 bridgehead atoms. The van der Waals surface area contributed by atoms with Crippen LogP contribution in [0.25, 0.3) is 0 Å². The molecule has 3 unspecified atom stereocenters. The van der Waals surface area contributed by atoms with Crippen molar-refractivity contribution in [2.45, 2.75) is 39.0 Å². The van der Waals surface area contributed by atoms with Crippen molar-refractivity contribution in [3.63, 3.8) is 0 Å². The number of hydrogen-bond donors (Lipinski definition) is 2. The molecule has 0 aromatic heterocycles. The fourth-order valence-electron chi connectivity index (χ4n) is 3.32. The average Bonchev–Trinajstić information content (AvgIpc) is 2.51. The van der Waals surface area contributed by atoms with Crippen LogP contribution in [0, 0.1) is 17.8 Å². The molecule has 1 aromatic rings. The first-order chi connectivity index (χ1) is 10.2. The van der Waals surface area contributed by atoms with E-state index in [9.17, 15) is 4.79 Å². The lowest BCUT2D eigenvalue weighted by Gasteiger charge is -2.27. The van der Waals surface area contributed by atoms with E-state index in [2.05, 4.69) is 24.4 Å². The molecule has 3 atom stereocenters. The van der Waals surface area contributed by atoms with Crippen molar-refractivity contribution >= 4 is 5.91 Å². The van der Waals surface area contributed by atoms with Gasteiger partial charge in [0, 0.05) is 13.1 Å². The summed E-state index contributed by atoms with van der Waals surface area (Å²) in [7, 11) is 0. The summed E-state index contributed by atoms with van der Waals surface area (Å²) >= 11 is 0. The normalized spacial score (nSPS) is 23.5. The minimum absolute atomic E-state index is 0.111. The van der Waals surface area contributed by atoms with Gasteiger partial charge in [-0.25, -0.2) is 0 Å². The van der Waals surface area contributed by atoms with E-state index < -0.39 is 0 Å². The van der Waals surface area contributed by atoms with Crippen molar-refractivity contribution in [3.8, 4) is 0 Å². The fourth-order valence-corrected chi connectivity index (χ4v) is 3.32. The van der Waals surface area contributed by atoms with E-state index >= 15 is 0 Å². The zero-order valence-electron chi connectivity index (χ0n) is 13.1. The molecule has 21 heavy (non-hydrogen) atoms. The molecule has 1 aliphatic rings. The Morgan fingerprint density at radius 3 is 2.76 bits per heavy atom. The van der Waals surface area contributed by atoms with Crippen LogP contribution in [0.4, 0.5) is 0 Å². The first-order valence-corrected chi connectivity index (χ1v) is 8.20. The van der Waals surface area contributed by atoms with E-state index in [-0.39, 0.29) is 11.8 Å². The van der Waals surface area contributed by atoms with Crippen molar-refractivity contribution in [3.05, 3.63) is 35.9 Å². The van der Waals surface area contributed by atoms with Crippen molar-refractivity contribution in [2.24, 2.45) is 23.5 Å². The molecular weight excluding hydrogens is 260 g/mol. The first kappa shape index (κ1) is 16.0. The molecule has 0 aliphatic heterocycles. The molecule has 1 saturated carbocycles. The molecular formula is C18H28N2O. The van der Waals surface area contributed by atoms with E-state index in [4.69, 9.17) is 5.73 Å². The van der Waals surface area contributed by atoms with E-state index in [1.807, 2.05) is 18.2 Å². The van der Waals surface area contributed by atoms with Gasteiger partial charge in [-0.15, -0.1) is 0 Å². The molecule has 3 heteroatoms. The summed E-state index contributed by atoms with van der Waals surface area (Å²) in [6, 6.07) is 10.1. The molecule has 2 rings (SSSR count). The second kappa shape index (κ2) is 8.18. The van der Waals surface area contributed by atoms with Crippen LogP contribution in [0.15, 0.2) is 30.3 Å². The maximum Gasteiger partial charge on any atom is 0.224 e. The topological polar surface area (TPSA) is 55.1 Å². The van der Waals surface area contributed by atoms with Gasteiger partial charge in [0.05, 0.1) is 5.92 Å². The lowest BCUT2D eigenvalue weighted by atomic mass is 9.82. The Bertz CT molecular complexity index is 432. The Labute approximate surface area is 128 Å². The van der Waals surface area contributed by atoms with E-state index in [1.54, 1.807) is 0 Å². The van der Waals surface area contributed by atoms with Gasteiger partial charge in [-0.05, 0) is 36.7 Å². The second-order valence-electron chi connectivity index (χ2n) is 6.51. The molecule has 1 amide bonds.